The summed E-state index contributed by atoms with van der Waals surface area (Å²) in [6.07, 6.45) is 4.24. The second-order valence-corrected chi connectivity index (χ2v) is 10.8. The molecule has 1 amide bonds. The van der Waals surface area contributed by atoms with Crippen molar-refractivity contribution in [2.75, 3.05) is 26.2 Å². The fourth-order valence-electron chi connectivity index (χ4n) is 6.19. The Bertz CT molecular complexity index is 1330. The van der Waals surface area contributed by atoms with E-state index in [0.717, 1.165) is 57.2 Å². The molecule has 39 heavy (non-hydrogen) atoms. The van der Waals surface area contributed by atoms with Gasteiger partial charge in [-0.15, -0.1) is 0 Å². The number of likely N-dealkylation sites (tertiary alicyclic amines) is 2. The Kier molecular flexibility index (Phi) is 6.93. The lowest BCUT2D eigenvalue weighted by Gasteiger charge is -2.39. The Morgan fingerprint density at radius 3 is 2.41 bits per heavy atom. The van der Waals surface area contributed by atoms with Crippen LogP contribution >= 0.6 is 0 Å². The fraction of sp³-hybridized carbons (Fsp3) is 0.483. The van der Waals surface area contributed by atoms with Crippen molar-refractivity contribution in [2.24, 2.45) is 0 Å². The molecule has 2 saturated heterocycles. The monoisotopic (exact) mass is 539 g/mol. The smallest absolute Gasteiger partial charge is 0.395 e. The lowest BCUT2D eigenvalue weighted by Crippen LogP contribution is -2.49. The maximum atomic E-state index is 14.2. The Balaban J connectivity index is 1.37. The van der Waals surface area contributed by atoms with Gasteiger partial charge in [0.05, 0.1) is 29.1 Å². The first-order valence-corrected chi connectivity index (χ1v) is 13.7. The molecule has 1 aromatic carbocycles. The van der Waals surface area contributed by atoms with Gasteiger partial charge in [0.2, 0.25) is 0 Å². The SMILES string of the molecule is O=C(c1c(-c2ccncc2)nn(-c2cccc(C(F)(F)F)c2)c1C1CC1)N1CCC(N2CCCC2CO)CC1. The molecule has 0 bridgehead atoms. The Labute approximate surface area is 225 Å². The van der Waals surface area contributed by atoms with Gasteiger partial charge in [0, 0.05) is 49.0 Å². The molecule has 6 rings (SSSR count). The van der Waals surface area contributed by atoms with Gasteiger partial charge in [0.1, 0.15) is 5.69 Å². The Hall–Kier alpha value is -3.24. The van der Waals surface area contributed by atoms with Gasteiger partial charge in [0.25, 0.3) is 5.91 Å². The lowest BCUT2D eigenvalue weighted by atomic mass is 9.99. The molecule has 4 heterocycles. The van der Waals surface area contributed by atoms with Crippen LogP contribution in [0.25, 0.3) is 16.9 Å². The van der Waals surface area contributed by atoms with Crippen LogP contribution in [0.1, 0.15) is 66.1 Å². The third kappa shape index (κ3) is 5.07. The number of pyridine rings is 1. The number of hydrogen-bond donors (Lipinski definition) is 1. The van der Waals surface area contributed by atoms with Gasteiger partial charge in [-0.3, -0.25) is 14.7 Å². The quantitative estimate of drug-likeness (QED) is 0.483. The van der Waals surface area contributed by atoms with Crippen LogP contribution in [0.3, 0.4) is 0 Å². The van der Waals surface area contributed by atoms with Crippen LogP contribution < -0.4 is 0 Å². The van der Waals surface area contributed by atoms with Crippen LogP contribution in [-0.2, 0) is 6.18 Å². The molecule has 3 fully saturated rings. The van der Waals surface area contributed by atoms with E-state index in [1.165, 1.54) is 6.07 Å². The minimum atomic E-state index is -4.48. The highest BCUT2D eigenvalue weighted by Crippen LogP contribution is 2.46. The van der Waals surface area contributed by atoms with Crippen molar-refractivity contribution in [3.63, 3.8) is 0 Å². The average molecular weight is 540 g/mol. The molecule has 2 aliphatic heterocycles. The predicted molar refractivity (Wildman–Crippen MR) is 140 cm³/mol. The molecule has 7 nitrogen and oxygen atoms in total. The van der Waals surface area contributed by atoms with Gasteiger partial charge in [-0.25, -0.2) is 4.68 Å². The van der Waals surface area contributed by atoms with Gasteiger partial charge >= 0.3 is 6.18 Å². The zero-order valence-corrected chi connectivity index (χ0v) is 21.6. The number of aliphatic hydroxyl groups is 1. The molecule has 206 valence electrons. The Morgan fingerprint density at radius 1 is 1.00 bits per heavy atom. The van der Waals surface area contributed by atoms with Crippen LogP contribution in [-0.4, -0.2) is 73.9 Å². The summed E-state index contributed by atoms with van der Waals surface area (Å²) in [5.74, 6) is -0.0606. The topological polar surface area (TPSA) is 74.5 Å². The third-order valence-electron chi connectivity index (χ3n) is 8.32. The standard InChI is InChI=1S/C29H32F3N5O2/c30-29(31,32)21-3-1-4-23(17-21)37-27(20-6-7-20)25(26(34-37)19-8-12-33-13-9-19)28(39)35-15-10-22(11-16-35)36-14-2-5-24(36)18-38/h1,3-4,8-9,12-13,17,20,22,24,38H,2,5-7,10-11,14-16,18H2. The first kappa shape index (κ1) is 26.0. The largest absolute Gasteiger partial charge is 0.416 e. The normalized spacial score (nSPS) is 21.0. The van der Waals surface area contributed by atoms with Crippen molar-refractivity contribution in [1.29, 1.82) is 0 Å². The summed E-state index contributed by atoms with van der Waals surface area (Å²) in [6, 6.07) is 9.23. The zero-order valence-electron chi connectivity index (χ0n) is 21.6. The second-order valence-electron chi connectivity index (χ2n) is 10.8. The summed E-state index contributed by atoms with van der Waals surface area (Å²) in [5, 5.41) is 14.5. The van der Waals surface area contributed by atoms with E-state index in [1.54, 1.807) is 35.3 Å². The molecule has 1 N–H and O–H groups in total. The molecule has 1 atom stereocenters. The summed E-state index contributed by atoms with van der Waals surface area (Å²) in [7, 11) is 0. The highest BCUT2D eigenvalue weighted by Gasteiger charge is 2.40. The third-order valence-corrected chi connectivity index (χ3v) is 8.32. The van der Waals surface area contributed by atoms with Gasteiger partial charge in [-0.1, -0.05) is 6.07 Å². The molecule has 2 aromatic heterocycles. The van der Waals surface area contributed by atoms with Gasteiger partial charge in [0.15, 0.2) is 0 Å². The first-order valence-electron chi connectivity index (χ1n) is 13.7. The minimum absolute atomic E-state index is 0.0639. The van der Waals surface area contributed by atoms with Crippen LogP contribution in [0, 0.1) is 0 Å². The number of aromatic nitrogens is 3. The molecule has 3 aliphatic rings. The number of carbonyl (C=O) groups is 1. The predicted octanol–water partition coefficient (Wildman–Crippen LogP) is 4.89. The van der Waals surface area contributed by atoms with Crippen molar-refractivity contribution in [2.45, 2.75) is 62.7 Å². The van der Waals surface area contributed by atoms with E-state index in [1.807, 2.05) is 4.90 Å². The number of carbonyl (C=O) groups excluding carboxylic acids is 1. The number of rotatable bonds is 6. The number of aliphatic hydroxyl groups excluding tert-OH is 1. The number of benzene rings is 1. The first-order chi connectivity index (χ1) is 18.8. The molecular weight excluding hydrogens is 507 g/mol. The van der Waals surface area contributed by atoms with Crippen LogP contribution in [0.4, 0.5) is 13.2 Å². The number of amides is 1. The molecule has 1 saturated carbocycles. The van der Waals surface area contributed by atoms with Gasteiger partial charge in [-0.05, 0) is 75.4 Å². The summed E-state index contributed by atoms with van der Waals surface area (Å²) in [5.41, 5.74) is 1.90. The molecule has 0 spiro atoms. The molecule has 1 aliphatic carbocycles. The highest BCUT2D eigenvalue weighted by atomic mass is 19.4. The van der Waals surface area contributed by atoms with E-state index in [9.17, 15) is 23.1 Å². The summed E-state index contributed by atoms with van der Waals surface area (Å²) in [4.78, 5) is 22.5. The molecule has 1 unspecified atom stereocenters. The lowest BCUT2D eigenvalue weighted by molar-refractivity contribution is -0.137. The van der Waals surface area contributed by atoms with Crippen molar-refractivity contribution in [1.82, 2.24) is 24.6 Å². The van der Waals surface area contributed by atoms with Crippen LogP contribution in [0.2, 0.25) is 0 Å². The molecular formula is C29H32F3N5O2. The number of halogens is 3. The summed E-state index contributed by atoms with van der Waals surface area (Å²) in [6.45, 7) is 2.32. The second kappa shape index (κ2) is 10.4. The van der Waals surface area contributed by atoms with Crippen molar-refractivity contribution < 1.29 is 23.1 Å². The fourth-order valence-corrected chi connectivity index (χ4v) is 6.19. The van der Waals surface area contributed by atoms with E-state index < -0.39 is 11.7 Å². The van der Waals surface area contributed by atoms with Crippen molar-refractivity contribution in [3.05, 3.63) is 65.6 Å². The van der Waals surface area contributed by atoms with E-state index in [2.05, 4.69) is 9.88 Å². The number of hydrogen-bond acceptors (Lipinski definition) is 5. The maximum Gasteiger partial charge on any atom is 0.416 e. The average Bonchev–Trinajstić information content (AvgIpc) is 3.54. The van der Waals surface area contributed by atoms with Crippen LogP contribution in [0.5, 0.6) is 0 Å². The van der Waals surface area contributed by atoms with E-state index in [-0.39, 0.29) is 24.5 Å². The van der Waals surface area contributed by atoms with E-state index >= 15 is 0 Å². The molecule has 0 radical (unpaired) electrons. The minimum Gasteiger partial charge on any atom is -0.395 e. The number of nitrogens with zero attached hydrogens (tertiary/aromatic N) is 5. The van der Waals surface area contributed by atoms with E-state index in [4.69, 9.17) is 5.10 Å². The highest BCUT2D eigenvalue weighted by molar-refractivity contribution is 6.01. The number of piperidine rings is 1. The maximum absolute atomic E-state index is 14.2. The van der Waals surface area contributed by atoms with Gasteiger partial charge in [-0.2, -0.15) is 18.3 Å². The van der Waals surface area contributed by atoms with Crippen molar-refractivity contribution >= 4 is 5.91 Å². The number of alkyl halides is 3. The van der Waals surface area contributed by atoms with Crippen molar-refractivity contribution in [3.8, 4) is 16.9 Å². The molecule has 3 aromatic rings. The van der Waals surface area contributed by atoms with Crippen LogP contribution in [0.15, 0.2) is 48.8 Å². The summed E-state index contributed by atoms with van der Waals surface area (Å²) < 4.78 is 42.2. The van der Waals surface area contributed by atoms with E-state index in [0.29, 0.717) is 47.3 Å². The summed E-state index contributed by atoms with van der Waals surface area (Å²) >= 11 is 0. The Morgan fingerprint density at radius 2 is 1.74 bits per heavy atom. The van der Waals surface area contributed by atoms with Gasteiger partial charge < -0.3 is 10.0 Å². The molecule has 10 heteroatoms. The zero-order chi connectivity index (χ0) is 27.1.